The quantitative estimate of drug-likeness (QED) is 0.542. The number of hydrogen-bond donors (Lipinski definition) is 3. The number of amides is 4. The molecule has 1 aliphatic rings. The Morgan fingerprint density at radius 2 is 1.70 bits per heavy atom. The van der Waals surface area contributed by atoms with Crippen molar-refractivity contribution >= 4 is 23.8 Å². The molecule has 0 radical (unpaired) electrons. The van der Waals surface area contributed by atoms with Gasteiger partial charge in [0, 0.05) is 6.54 Å². The summed E-state index contributed by atoms with van der Waals surface area (Å²) >= 11 is 0. The molecule has 0 bridgehead atoms. The fourth-order valence-corrected chi connectivity index (χ4v) is 3.41. The van der Waals surface area contributed by atoms with Crippen molar-refractivity contribution in [2.24, 2.45) is 17.6 Å². The van der Waals surface area contributed by atoms with E-state index in [-0.39, 0.29) is 17.7 Å². The number of nitrogens with two attached hydrogens (primary N) is 1. The minimum absolute atomic E-state index is 0.116. The highest BCUT2D eigenvalue weighted by Gasteiger charge is 2.40. The van der Waals surface area contributed by atoms with E-state index >= 15 is 0 Å². The summed E-state index contributed by atoms with van der Waals surface area (Å²) in [5.74, 6) is -1.65. The third-order valence-electron chi connectivity index (χ3n) is 5.26. The summed E-state index contributed by atoms with van der Waals surface area (Å²) in [6.07, 6.45) is 1.14. The molecule has 4 amide bonds. The van der Waals surface area contributed by atoms with Gasteiger partial charge in [-0.25, -0.2) is 4.79 Å². The predicted octanol–water partition coefficient (Wildman–Crippen LogP) is 1.54. The van der Waals surface area contributed by atoms with E-state index in [4.69, 9.17) is 10.5 Å². The molecule has 0 aliphatic carbocycles. The van der Waals surface area contributed by atoms with Crippen molar-refractivity contribution in [2.75, 3.05) is 6.54 Å². The van der Waals surface area contributed by atoms with Gasteiger partial charge in [0.15, 0.2) is 0 Å². The SMILES string of the molecule is CC[C@H](C)[C@H](NC(=O)[C@H]1CCCN1C(=O)[C@@H](NC(=O)OC(C)(C)C)C(C)C)C(N)=O. The molecule has 0 saturated carbocycles. The summed E-state index contributed by atoms with van der Waals surface area (Å²) in [4.78, 5) is 51.5. The van der Waals surface area contributed by atoms with Crippen molar-refractivity contribution in [3.8, 4) is 0 Å². The van der Waals surface area contributed by atoms with Crippen molar-refractivity contribution in [2.45, 2.75) is 91.5 Å². The second-order valence-corrected chi connectivity index (χ2v) is 9.33. The first-order valence-electron chi connectivity index (χ1n) is 10.7. The van der Waals surface area contributed by atoms with Gasteiger partial charge in [-0.1, -0.05) is 34.1 Å². The summed E-state index contributed by atoms with van der Waals surface area (Å²) in [6.45, 7) is 13.0. The van der Waals surface area contributed by atoms with Crippen LogP contribution in [0.25, 0.3) is 0 Å². The molecule has 1 saturated heterocycles. The summed E-state index contributed by atoms with van der Waals surface area (Å²) < 4.78 is 5.27. The standard InChI is InChI=1S/C21H38N4O5/c1-8-13(4)16(17(22)26)23-18(27)14-10-9-11-25(14)19(28)15(12(2)3)24-20(29)30-21(5,6)7/h12-16H,8-11H2,1-7H3,(H2,22,26)(H,23,27)(H,24,29)/t13-,14+,15-,16-/m0/s1. The zero-order chi connectivity index (χ0) is 23.2. The largest absolute Gasteiger partial charge is 0.444 e. The molecule has 0 spiro atoms. The van der Waals surface area contributed by atoms with E-state index in [2.05, 4.69) is 10.6 Å². The Bertz CT molecular complexity index is 644. The van der Waals surface area contributed by atoms with Gasteiger partial charge < -0.3 is 26.0 Å². The van der Waals surface area contributed by atoms with E-state index in [1.807, 2.05) is 27.7 Å². The Balaban J connectivity index is 2.93. The normalized spacial score (nSPS) is 19.7. The topological polar surface area (TPSA) is 131 Å². The number of nitrogens with zero attached hydrogens (tertiary/aromatic N) is 1. The predicted molar refractivity (Wildman–Crippen MR) is 113 cm³/mol. The average Bonchev–Trinajstić information content (AvgIpc) is 3.10. The van der Waals surface area contributed by atoms with Gasteiger partial charge in [0.2, 0.25) is 17.7 Å². The van der Waals surface area contributed by atoms with Gasteiger partial charge in [-0.3, -0.25) is 14.4 Å². The van der Waals surface area contributed by atoms with Crippen molar-refractivity contribution < 1.29 is 23.9 Å². The van der Waals surface area contributed by atoms with Crippen molar-refractivity contribution in [3.05, 3.63) is 0 Å². The maximum atomic E-state index is 13.2. The van der Waals surface area contributed by atoms with Crippen LogP contribution in [0.4, 0.5) is 4.79 Å². The summed E-state index contributed by atoms with van der Waals surface area (Å²) in [6, 6.07) is -2.32. The Morgan fingerprint density at radius 3 is 2.17 bits per heavy atom. The maximum Gasteiger partial charge on any atom is 0.408 e. The third-order valence-corrected chi connectivity index (χ3v) is 5.26. The van der Waals surface area contributed by atoms with E-state index in [9.17, 15) is 19.2 Å². The lowest BCUT2D eigenvalue weighted by molar-refractivity contribution is -0.141. The first-order chi connectivity index (χ1) is 13.8. The number of hydrogen-bond acceptors (Lipinski definition) is 5. The molecule has 1 rings (SSSR count). The van der Waals surface area contributed by atoms with E-state index in [1.165, 1.54) is 4.90 Å². The number of carbonyl (C=O) groups is 4. The number of carbonyl (C=O) groups excluding carboxylic acids is 4. The van der Waals surface area contributed by atoms with Gasteiger partial charge in [-0.15, -0.1) is 0 Å². The van der Waals surface area contributed by atoms with Crippen molar-refractivity contribution in [1.82, 2.24) is 15.5 Å². The average molecular weight is 427 g/mol. The highest BCUT2D eigenvalue weighted by atomic mass is 16.6. The van der Waals surface area contributed by atoms with Crippen LogP contribution in [0.15, 0.2) is 0 Å². The molecule has 4 N–H and O–H groups in total. The molecular formula is C21H38N4O5. The van der Waals surface area contributed by atoms with E-state index < -0.39 is 41.6 Å². The lowest BCUT2D eigenvalue weighted by atomic mass is 9.98. The molecule has 30 heavy (non-hydrogen) atoms. The highest BCUT2D eigenvalue weighted by Crippen LogP contribution is 2.21. The zero-order valence-electron chi connectivity index (χ0n) is 19.3. The Labute approximate surface area is 179 Å². The Kier molecular flexibility index (Phi) is 9.11. The number of nitrogens with one attached hydrogen (secondary N) is 2. The minimum Gasteiger partial charge on any atom is -0.444 e. The van der Waals surface area contributed by atoms with Crippen LogP contribution in [0.5, 0.6) is 0 Å². The summed E-state index contributed by atoms with van der Waals surface area (Å²) in [7, 11) is 0. The highest BCUT2D eigenvalue weighted by molar-refractivity contribution is 5.94. The molecule has 0 unspecified atom stereocenters. The first-order valence-corrected chi connectivity index (χ1v) is 10.7. The fourth-order valence-electron chi connectivity index (χ4n) is 3.41. The van der Waals surface area contributed by atoms with Crippen LogP contribution < -0.4 is 16.4 Å². The molecule has 9 nitrogen and oxygen atoms in total. The van der Waals surface area contributed by atoms with Crippen LogP contribution in [-0.4, -0.2) is 59.0 Å². The number of primary amides is 1. The summed E-state index contributed by atoms with van der Waals surface area (Å²) in [5, 5.41) is 5.35. The molecule has 0 aromatic carbocycles. The van der Waals surface area contributed by atoms with Gasteiger partial charge in [-0.05, 0) is 45.4 Å². The molecule has 0 aromatic rings. The van der Waals surface area contributed by atoms with Gasteiger partial charge in [0.25, 0.3) is 0 Å². The van der Waals surface area contributed by atoms with E-state index in [0.717, 1.165) is 0 Å². The number of ether oxygens (including phenoxy) is 1. The van der Waals surface area contributed by atoms with Crippen LogP contribution in [0.2, 0.25) is 0 Å². The van der Waals surface area contributed by atoms with E-state index in [1.54, 1.807) is 20.8 Å². The molecule has 0 aromatic heterocycles. The molecule has 1 aliphatic heterocycles. The smallest absolute Gasteiger partial charge is 0.408 e. The third kappa shape index (κ3) is 7.18. The van der Waals surface area contributed by atoms with Crippen molar-refractivity contribution in [1.29, 1.82) is 0 Å². The van der Waals surface area contributed by atoms with Crippen LogP contribution in [0.1, 0.15) is 67.7 Å². The number of alkyl carbamates (subject to hydrolysis) is 1. The van der Waals surface area contributed by atoms with Crippen LogP contribution in [0, 0.1) is 11.8 Å². The molecule has 172 valence electrons. The summed E-state index contributed by atoms with van der Waals surface area (Å²) in [5.41, 5.74) is 4.76. The molecular weight excluding hydrogens is 388 g/mol. The van der Waals surface area contributed by atoms with Gasteiger partial charge in [0.1, 0.15) is 23.7 Å². The van der Waals surface area contributed by atoms with Crippen LogP contribution >= 0.6 is 0 Å². The zero-order valence-corrected chi connectivity index (χ0v) is 19.3. The van der Waals surface area contributed by atoms with Gasteiger partial charge >= 0.3 is 6.09 Å². The monoisotopic (exact) mass is 426 g/mol. The second kappa shape index (κ2) is 10.6. The van der Waals surface area contributed by atoms with Gasteiger partial charge in [0.05, 0.1) is 0 Å². The van der Waals surface area contributed by atoms with Crippen LogP contribution in [-0.2, 0) is 19.1 Å². The van der Waals surface area contributed by atoms with Gasteiger partial charge in [-0.2, -0.15) is 0 Å². The number of rotatable bonds is 8. The van der Waals surface area contributed by atoms with E-state index in [0.29, 0.717) is 25.8 Å². The lowest BCUT2D eigenvalue weighted by Gasteiger charge is -2.32. The molecule has 1 fully saturated rings. The molecule has 4 atom stereocenters. The van der Waals surface area contributed by atoms with Crippen molar-refractivity contribution in [3.63, 3.8) is 0 Å². The maximum absolute atomic E-state index is 13.2. The van der Waals surface area contributed by atoms with Crippen LogP contribution in [0.3, 0.4) is 0 Å². The Hall–Kier alpha value is -2.32. The molecule has 1 heterocycles. The fraction of sp³-hybridized carbons (Fsp3) is 0.810. The lowest BCUT2D eigenvalue weighted by Crippen LogP contribution is -2.58. The first kappa shape index (κ1) is 25.7. The molecule has 9 heteroatoms. The number of likely N-dealkylation sites (tertiary alicyclic amines) is 1. The Morgan fingerprint density at radius 1 is 1.10 bits per heavy atom. The second-order valence-electron chi connectivity index (χ2n) is 9.33. The minimum atomic E-state index is -0.824.